The fraction of sp³-hybridized carbons (Fsp3) is 0.667. The number of ketones is 2. The summed E-state index contributed by atoms with van der Waals surface area (Å²) in [5, 5.41) is 0. The molecule has 4 bridgehead atoms. The Morgan fingerprint density at radius 2 is 1.58 bits per heavy atom. The van der Waals surface area contributed by atoms with Crippen LogP contribution in [0.4, 0.5) is 0 Å². The van der Waals surface area contributed by atoms with E-state index in [2.05, 4.69) is 4.98 Å². The maximum atomic E-state index is 12.7. The van der Waals surface area contributed by atoms with Crippen molar-refractivity contribution in [1.29, 1.82) is 0 Å². The highest BCUT2D eigenvalue weighted by atomic mass is 16.5. The second-order valence-electron chi connectivity index (χ2n) is 8.67. The van der Waals surface area contributed by atoms with Crippen LogP contribution >= 0.6 is 0 Å². The van der Waals surface area contributed by atoms with Gasteiger partial charge in [0.2, 0.25) is 5.78 Å². The van der Waals surface area contributed by atoms with Gasteiger partial charge < -0.3 is 9.72 Å². The first-order valence-corrected chi connectivity index (χ1v) is 9.75. The van der Waals surface area contributed by atoms with Crippen molar-refractivity contribution in [3.8, 4) is 0 Å². The van der Waals surface area contributed by atoms with Crippen LogP contribution in [0.5, 0.6) is 0 Å². The SMILES string of the molecule is CC(=O)c1c(C)[nH]c(C(=O)COC(=O)C2C3CC4CC(C3)CC2C4)c1C. The van der Waals surface area contributed by atoms with Crippen LogP contribution in [0, 0.1) is 43.4 Å². The Hall–Kier alpha value is -1.91. The summed E-state index contributed by atoms with van der Waals surface area (Å²) in [7, 11) is 0. The van der Waals surface area contributed by atoms with Crippen molar-refractivity contribution >= 4 is 17.5 Å². The van der Waals surface area contributed by atoms with Gasteiger partial charge in [-0.1, -0.05) is 0 Å². The molecule has 0 radical (unpaired) electrons. The lowest BCUT2D eigenvalue weighted by Crippen LogP contribution is -2.48. The summed E-state index contributed by atoms with van der Waals surface area (Å²) in [5.41, 5.74) is 2.27. The lowest BCUT2D eigenvalue weighted by atomic mass is 9.52. The zero-order chi connectivity index (χ0) is 18.6. The first kappa shape index (κ1) is 17.5. The predicted octanol–water partition coefficient (Wildman–Crippen LogP) is 3.63. The Balaban J connectivity index is 1.41. The number of aromatic amines is 1. The van der Waals surface area contributed by atoms with Crippen LogP contribution in [0.15, 0.2) is 0 Å². The van der Waals surface area contributed by atoms with Gasteiger partial charge in [-0.15, -0.1) is 0 Å². The Morgan fingerprint density at radius 1 is 1.00 bits per heavy atom. The molecule has 0 atom stereocenters. The van der Waals surface area contributed by atoms with Crippen molar-refractivity contribution in [3.63, 3.8) is 0 Å². The maximum absolute atomic E-state index is 12.7. The van der Waals surface area contributed by atoms with E-state index in [1.807, 2.05) is 0 Å². The molecule has 0 saturated heterocycles. The van der Waals surface area contributed by atoms with Gasteiger partial charge in [-0.05, 0) is 82.1 Å². The molecule has 4 saturated carbocycles. The van der Waals surface area contributed by atoms with E-state index < -0.39 is 0 Å². The number of carbonyl (C=O) groups excluding carboxylic acids is 3. The standard InChI is InChI=1S/C21H27NO4/c1-10-18(12(3)23)11(2)22-20(10)17(24)9-26-21(25)19-15-5-13-4-14(7-15)8-16(19)6-13/h13-16,19,22H,4-9H2,1-3H3. The van der Waals surface area contributed by atoms with Crippen LogP contribution in [0.2, 0.25) is 0 Å². The molecule has 0 unspecified atom stereocenters. The molecule has 0 amide bonds. The summed E-state index contributed by atoms with van der Waals surface area (Å²) in [6.07, 6.45) is 5.95. The Kier molecular flexibility index (Phi) is 4.28. The van der Waals surface area contributed by atoms with Crippen molar-refractivity contribution in [2.24, 2.45) is 29.6 Å². The third-order valence-electron chi connectivity index (χ3n) is 6.91. The van der Waals surface area contributed by atoms with Crippen LogP contribution in [-0.4, -0.2) is 29.1 Å². The number of aryl methyl sites for hydroxylation is 1. The van der Waals surface area contributed by atoms with E-state index in [9.17, 15) is 14.4 Å². The molecule has 0 spiro atoms. The molecule has 0 aliphatic heterocycles. The highest BCUT2D eigenvalue weighted by molar-refractivity contribution is 6.04. The fourth-order valence-corrected chi connectivity index (χ4v) is 6.17. The number of H-pyrrole nitrogens is 1. The van der Waals surface area contributed by atoms with Gasteiger partial charge in [-0.2, -0.15) is 0 Å². The number of hydrogen-bond donors (Lipinski definition) is 1. The highest BCUT2D eigenvalue weighted by Gasteiger charge is 2.51. The van der Waals surface area contributed by atoms with E-state index in [-0.39, 0.29) is 30.1 Å². The minimum absolute atomic E-state index is 0.0187. The monoisotopic (exact) mass is 357 g/mol. The summed E-state index contributed by atoms with van der Waals surface area (Å²) in [6, 6.07) is 0. The van der Waals surface area contributed by atoms with Crippen molar-refractivity contribution in [3.05, 3.63) is 22.5 Å². The second kappa shape index (κ2) is 6.36. The van der Waals surface area contributed by atoms with E-state index in [0.717, 1.165) is 37.5 Å². The molecular formula is C21H27NO4. The van der Waals surface area contributed by atoms with Crippen molar-refractivity contribution in [1.82, 2.24) is 4.98 Å². The van der Waals surface area contributed by atoms with Crippen molar-refractivity contribution in [2.75, 3.05) is 6.61 Å². The average molecular weight is 357 g/mol. The third kappa shape index (κ3) is 2.81. The number of Topliss-reactive ketones (excluding diaryl/α,β-unsaturated/α-hetero) is 2. The molecule has 1 aromatic rings. The van der Waals surface area contributed by atoms with Gasteiger partial charge in [0.15, 0.2) is 12.4 Å². The summed E-state index contributed by atoms with van der Waals surface area (Å²) in [5.74, 6) is 1.96. The highest BCUT2D eigenvalue weighted by Crippen LogP contribution is 2.56. The van der Waals surface area contributed by atoms with Crippen LogP contribution in [0.3, 0.4) is 0 Å². The number of nitrogens with one attached hydrogen (secondary N) is 1. The predicted molar refractivity (Wildman–Crippen MR) is 96.1 cm³/mol. The van der Waals surface area contributed by atoms with Gasteiger partial charge in [0.05, 0.1) is 11.6 Å². The fourth-order valence-electron chi connectivity index (χ4n) is 6.17. The normalized spacial score (nSPS) is 31.9. The van der Waals surface area contributed by atoms with Crippen molar-refractivity contribution < 1.29 is 19.1 Å². The molecule has 4 fully saturated rings. The van der Waals surface area contributed by atoms with Gasteiger partial charge in [-0.25, -0.2) is 0 Å². The van der Waals surface area contributed by atoms with Gasteiger partial charge in [0.25, 0.3) is 0 Å². The van der Waals surface area contributed by atoms with Crippen LogP contribution < -0.4 is 0 Å². The average Bonchev–Trinajstić information content (AvgIpc) is 2.86. The van der Waals surface area contributed by atoms with Crippen LogP contribution in [0.25, 0.3) is 0 Å². The van der Waals surface area contributed by atoms with E-state index >= 15 is 0 Å². The zero-order valence-corrected chi connectivity index (χ0v) is 15.8. The lowest BCUT2D eigenvalue weighted by molar-refractivity contribution is -0.161. The summed E-state index contributed by atoms with van der Waals surface area (Å²) < 4.78 is 5.46. The molecule has 1 N–H and O–H groups in total. The minimum atomic E-state index is -0.268. The van der Waals surface area contributed by atoms with Gasteiger partial charge in [-0.3, -0.25) is 14.4 Å². The Morgan fingerprint density at radius 3 is 2.08 bits per heavy atom. The molecule has 140 valence electrons. The molecule has 1 heterocycles. The number of esters is 1. The minimum Gasteiger partial charge on any atom is -0.457 e. The molecule has 4 aliphatic rings. The second-order valence-corrected chi connectivity index (χ2v) is 8.67. The zero-order valence-electron chi connectivity index (χ0n) is 15.8. The quantitative estimate of drug-likeness (QED) is 0.645. The van der Waals surface area contributed by atoms with Gasteiger partial charge in [0.1, 0.15) is 0 Å². The summed E-state index contributed by atoms with van der Waals surface area (Å²) in [6.45, 7) is 4.78. The summed E-state index contributed by atoms with van der Waals surface area (Å²) in [4.78, 5) is 39.9. The molecule has 5 nitrogen and oxygen atoms in total. The van der Waals surface area contributed by atoms with E-state index in [4.69, 9.17) is 4.74 Å². The number of hydrogen-bond acceptors (Lipinski definition) is 4. The van der Waals surface area contributed by atoms with Crippen LogP contribution in [0.1, 0.15) is 71.1 Å². The van der Waals surface area contributed by atoms with Gasteiger partial charge in [0, 0.05) is 11.3 Å². The van der Waals surface area contributed by atoms with Gasteiger partial charge >= 0.3 is 5.97 Å². The molecule has 26 heavy (non-hydrogen) atoms. The van der Waals surface area contributed by atoms with E-state index in [0.29, 0.717) is 34.4 Å². The number of rotatable bonds is 5. The lowest BCUT2D eigenvalue weighted by Gasteiger charge is -2.53. The molecular weight excluding hydrogens is 330 g/mol. The number of aromatic nitrogens is 1. The molecule has 5 rings (SSSR count). The Labute approximate surface area is 153 Å². The molecule has 4 aliphatic carbocycles. The molecule has 1 aromatic heterocycles. The largest absolute Gasteiger partial charge is 0.457 e. The van der Waals surface area contributed by atoms with Crippen LogP contribution in [-0.2, 0) is 9.53 Å². The molecule has 0 aromatic carbocycles. The number of carbonyl (C=O) groups is 3. The first-order valence-electron chi connectivity index (χ1n) is 9.75. The number of ether oxygens (including phenoxy) is 1. The maximum Gasteiger partial charge on any atom is 0.309 e. The molecule has 5 heteroatoms. The smallest absolute Gasteiger partial charge is 0.309 e. The first-order chi connectivity index (χ1) is 12.3. The summed E-state index contributed by atoms with van der Waals surface area (Å²) >= 11 is 0. The van der Waals surface area contributed by atoms with E-state index in [1.54, 1.807) is 13.8 Å². The Bertz CT molecular complexity index is 747. The van der Waals surface area contributed by atoms with Crippen molar-refractivity contribution in [2.45, 2.75) is 52.9 Å². The third-order valence-corrected chi connectivity index (χ3v) is 6.91. The topological polar surface area (TPSA) is 76.2 Å². The van der Waals surface area contributed by atoms with E-state index in [1.165, 1.54) is 13.3 Å².